The molecule has 2 atom stereocenters. The zero-order valence-corrected chi connectivity index (χ0v) is 14.5. The van der Waals surface area contributed by atoms with Gasteiger partial charge in [-0.2, -0.15) is 0 Å². The van der Waals surface area contributed by atoms with Gasteiger partial charge in [0.05, 0.1) is 11.7 Å². The number of rotatable bonds is 6. The molecule has 0 aliphatic heterocycles. The van der Waals surface area contributed by atoms with Crippen molar-refractivity contribution in [3.8, 4) is 0 Å². The van der Waals surface area contributed by atoms with E-state index >= 15 is 0 Å². The van der Waals surface area contributed by atoms with Crippen molar-refractivity contribution in [1.29, 1.82) is 0 Å². The predicted octanol–water partition coefficient (Wildman–Crippen LogP) is 3.88. The van der Waals surface area contributed by atoms with E-state index in [1.54, 1.807) is 42.5 Å². The van der Waals surface area contributed by atoms with Crippen molar-refractivity contribution in [3.05, 3.63) is 64.7 Å². The van der Waals surface area contributed by atoms with Gasteiger partial charge in [0.2, 0.25) is 5.91 Å². The Morgan fingerprint density at radius 2 is 1.83 bits per heavy atom. The lowest BCUT2D eigenvalue weighted by molar-refractivity contribution is -0.118. The first-order valence-electron chi connectivity index (χ1n) is 7.89. The molecule has 5 heteroatoms. The fraction of sp³-hybridized carbons (Fsp3) is 0.263. The van der Waals surface area contributed by atoms with Crippen LogP contribution in [0.15, 0.2) is 48.5 Å². The number of halogens is 1. The van der Waals surface area contributed by atoms with Crippen molar-refractivity contribution >= 4 is 29.0 Å². The van der Waals surface area contributed by atoms with Gasteiger partial charge in [-0.15, -0.1) is 0 Å². The SMILES string of the molecule is CC[C@H](C)[C@H](N)C(=O)Nc1ccc(Cl)cc1C(=O)c1ccccc1. The molecule has 2 aromatic carbocycles. The number of amides is 1. The lowest BCUT2D eigenvalue weighted by atomic mass is 9.98. The maximum absolute atomic E-state index is 12.7. The molecule has 126 valence electrons. The van der Waals surface area contributed by atoms with Crippen LogP contribution in [-0.2, 0) is 4.79 Å². The molecule has 0 unspecified atom stereocenters. The topological polar surface area (TPSA) is 72.2 Å². The zero-order chi connectivity index (χ0) is 17.7. The van der Waals surface area contributed by atoms with Gasteiger partial charge in [0.25, 0.3) is 0 Å². The van der Waals surface area contributed by atoms with Crippen molar-refractivity contribution in [2.45, 2.75) is 26.3 Å². The number of anilines is 1. The Bertz CT molecular complexity index is 731. The molecule has 0 saturated carbocycles. The van der Waals surface area contributed by atoms with Crippen molar-refractivity contribution < 1.29 is 9.59 Å². The number of hydrogen-bond acceptors (Lipinski definition) is 3. The van der Waals surface area contributed by atoms with Crippen LogP contribution in [0.4, 0.5) is 5.69 Å². The average molecular weight is 345 g/mol. The van der Waals surface area contributed by atoms with Gasteiger partial charge >= 0.3 is 0 Å². The van der Waals surface area contributed by atoms with E-state index in [0.717, 1.165) is 6.42 Å². The number of carbonyl (C=O) groups is 2. The molecule has 0 radical (unpaired) electrons. The minimum Gasteiger partial charge on any atom is -0.324 e. The Kier molecular flexibility index (Phi) is 6.12. The highest BCUT2D eigenvalue weighted by atomic mass is 35.5. The second-order valence-corrected chi connectivity index (χ2v) is 6.22. The zero-order valence-electron chi connectivity index (χ0n) is 13.8. The van der Waals surface area contributed by atoms with Crippen LogP contribution in [0.1, 0.15) is 36.2 Å². The summed E-state index contributed by atoms with van der Waals surface area (Å²) in [6.45, 7) is 3.90. The molecule has 2 aromatic rings. The molecule has 0 heterocycles. The highest BCUT2D eigenvalue weighted by Gasteiger charge is 2.22. The maximum Gasteiger partial charge on any atom is 0.241 e. The van der Waals surface area contributed by atoms with Crippen LogP contribution in [0.5, 0.6) is 0 Å². The van der Waals surface area contributed by atoms with Gasteiger partial charge in [-0.05, 0) is 24.1 Å². The largest absolute Gasteiger partial charge is 0.324 e. The molecule has 24 heavy (non-hydrogen) atoms. The Hall–Kier alpha value is -2.17. The van der Waals surface area contributed by atoms with Crippen LogP contribution < -0.4 is 11.1 Å². The number of hydrogen-bond donors (Lipinski definition) is 2. The summed E-state index contributed by atoms with van der Waals surface area (Å²) in [5.41, 5.74) is 7.25. The minimum atomic E-state index is -0.634. The molecule has 0 saturated heterocycles. The van der Waals surface area contributed by atoms with Crippen molar-refractivity contribution in [2.24, 2.45) is 11.7 Å². The van der Waals surface area contributed by atoms with E-state index in [2.05, 4.69) is 5.32 Å². The normalized spacial score (nSPS) is 13.2. The standard InChI is InChI=1S/C19H21ClN2O2/c1-3-12(2)17(21)19(24)22-16-10-9-14(20)11-15(16)18(23)13-7-5-4-6-8-13/h4-12,17H,3,21H2,1-2H3,(H,22,24)/t12-,17-/m0/s1. The van der Waals surface area contributed by atoms with E-state index in [0.29, 0.717) is 21.8 Å². The van der Waals surface area contributed by atoms with E-state index in [-0.39, 0.29) is 17.6 Å². The maximum atomic E-state index is 12.7. The van der Waals surface area contributed by atoms with E-state index in [1.807, 2.05) is 19.9 Å². The summed E-state index contributed by atoms with van der Waals surface area (Å²) >= 11 is 6.03. The Labute approximate surface area is 147 Å². The smallest absolute Gasteiger partial charge is 0.241 e. The Morgan fingerprint density at radius 3 is 2.46 bits per heavy atom. The summed E-state index contributed by atoms with van der Waals surface area (Å²) in [4.78, 5) is 25.0. The molecule has 0 bridgehead atoms. The first kappa shape index (κ1) is 18.2. The third kappa shape index (κ3) is 4.22. The highest BCUT2D eigenvalue weighted by molar-refractivity contribution is 6.31. The molecule has 0 aliphatic rings. The summed E-state index contributed by atoms with van der Waals surface area (Å²) < 4.78 is 0. The van der Waals surface area contributed by atoms with Gasteiger partial charge in [0, 0.05) is 16.1 Å². The van der Waals surface area contributed by atoms with E-state index < -0.39 is 6.04 Å². The first-order chi connectivity index (χ1) is 11.4. The summed E-state index contributed by atoms with van der Waals surface area (Å²) in [5.74, 6) is -0.468. The number of nitrogens with two attached hydrogens (primary N) is 1. The molecule has 0 aromatic heterocycles. The monoisotopic (exact) mass is 344 g/mol. The van der Waals surface area contributed by atoms with Crippen LogP contribution in [0.25, 0.3) is 0 Å². The van der Waals surface area contributed by atoms with Crippen LogP contribution in [0.2, 0.25) is 5.02 Å². The summed E-state index contributed by atoms with van der Waals surface area (Å²) in [7, 11) is 0. The van der Waals surface area contributed by atoms with Crippen LogP contribution in [0.3, 0.4) is 0 Å². The Balaban J connectivity index is 2.32. The van der Waals surface area contributed by atoms with Crippen LogP contribution in [0, 0.1) is 5.92 Å². The van der Waals surface area contributed by atoms with Gasteiger partial charge in [-0.1, -0.05) is 62.2 Å². The van der Waals surface area contributed by atoms with Gasteiger partial charge in [-0.25, -0.2) is 0 Å². The fourth-order valence-electron chi connectivity index (χ4n) is 2.29. The minimum absolute atomic E-state index is 0.0468. The van der Waals surface area contributed by atoms with Gasteiger partial charge in [0.15, 0.2) is 5.78 Å². The van der Waals surface area contributed by atoms with Crippen molar-refractivity contribution in [1.82, 2.24) is 0 Å². The quantitative estimate of drug-likeness (QED) is 0.781. The molecule has 0 aliphatic carbocycles. The van der Waals surface area contributed by atoms with Crippen LogP contribution in [-0.4, -0.2) is 17.7 Å². The molecule has 1 amide bonds. The number of benzene rings is 2. The second kappa shape index (κ2) is 8.08. The molecular weight excluding hydrogens is 324 g/mol. The fourth-order valence-corrected chi connectivity index (χ4v) is 2.46. The molecule has 0 fully saturated rings. The van der Waals surface area contributed by atoms with Gasteiger partial charge in [-0.3, -0.25) is 9.59 Å². The van der Waals surface area contributed by atoms with E-state index in [4.69, 9.17) is 17.3 Å². The summed E-state index contributed by atoms with van der Waals surface area (Å²) in [6.07, 6.45) is 0.797. The molecular formula is C19H21ClN2O2. The number of nitrogens with one attached hydrogen (secondary N) is 1. The lowest BCUT2D eigenvalue weighted by Gasteiger charge is -2.19. The number of ketones is 1. The first-order valence-corrected chi connectivity index (χ1v) is 8.27. The number of carbonyl (C=O) groups excluding carboxylic acids is 2. The average Bonchev–Trinajstić information content (AvgIpc) is 2.61. The van der Waals surface area contributed by atoms with E-state index in [9.17, 15) is 9.59 Å². The summed E-state index contributed by atoms with van der Waals surface area (Å²) in [6, 6.07) is 13.0. The molecule has 2 rings (SSSR count). The Morgan fingerprint density at radius 1 is 1.17 bits per heavy atom. The second-order valence-electron chi connectivity index (χ2n) is 5.79. The van der Waals surface area contributed by atoms with Crippen LogP contribution >= 0.6 is 11.6 Å². The highest BCUT2D eigenvalue weighted by Crippen LogP contribution is 2.24. The van der Waals surface area contributed by atoms with Gasteiger partial charge < -0.3 is 11.1 Å². The van der Waals surface area contributed by atoms with E-state index in [1.165, 1.54) is 0 Å². The molecule has 4 nitrogen and oxygen atoms in total. The summed E-state index contributed by atoms with van der Waals surface area (Å²) in [5, 5.41) is 3.19. The molecule has 3 N–H and O–H groups in total. The third-order valence-corrected chi connectivity index (χ3v) is 4.31. The molecule has 0 spiro atoms. The van der Waals surface area contributed by atoms with Gasteiger partial charge in [0.1, 0.15) is 0 Å². The van der Waals surface area contributed by atoms with Crippen molar-refractivity contribution in [2.75, 3.05) is 5.32 Å². The van der Waals surface area contributed by atoms with Crippen molar-refractivity contribution in [3.63, 3.8) is 0 Å². The third-order valence-electron chi connectivity index (χ3n) is 4.08. The lowest BCUT2D eigenvalue weighted by Crippen LogP contribution is -2.40. The predicted molar refractivity (Wildman–Crippen MR) is 97.4 cm³/mol.